The van der Waals surface area contributed by atoms with Gasteiger partial charge in [-0.3, -0.25) is 19.2 Å². The lowest BCUT2D eigenvalue weighted by molar-refractivity contribution is -0.164. The lowest BCUT2D eigenvalue weighted by atomic mass is 9.49. The van der Waals surface area contributed by atoms with Crippen molar-refractivity contribution < 1.29 is 43.0 Å². The quantitative estimate of drug-likeness (QED) is 0.0796. The maximum atomic E-state index is 14.0. The summed E-state index contributed by atoms with van der Waals surface area (Å²) in [6.07, 6.45) is 1.44. The van der Waals surface area contributed by atoms with Crippen molar-refractivity contribution in [2.24, 2.45) is 16.2 Å². The Kier molecular flexibility index (Phi) is 15.5. The molecule has 4 N–H and O–H groups in total. The average Bonchev–Trinajstić information content (AvgIpc) is 3.96. The number of unbranched alkanes of at least 4 members (excludes halogenated alkanes) is 1. The number of nitrogens with zero attached hydrogens (tertiary/aromatic N) is 4. The molecule has 1 saturated heterocycles. The van der Waals surface area contributed by atoms with E-state index in [0.29, 0.717) is 52.9 Å². The molecule has 1 aliphatic heterocycles. The Morgan fingerprint density at radius 1 is 0.970 bits per heavy atom. The van der Waals surface area contributed by atoms with Gasteiger partial charge in [0.05, 0.1) is 29.3 Å². The van der Waals surface area contributed by atoms with E-state index in [1.807, 2.05) is 79.7 Å². The summed E-state index contributed by atoms with van der Waals surface area (Å²) in [5.41, 5.74) is 0.928. The van der Waals surface area contributed by atoms with Gasteiger partial charge in [0.15, 0.2) is 0 Å². The number of nitriles is 1. The van der Waals surface area contributed by atoms with Crippen molar-refractivity contribution in [3.8, 4) is 29.0 Å². The normalized spacial score (nSPS) is 20.5. The molecule has 0 unspecified atom stereocenters. The number of hydrogen-bond acceptors (Lipinski definition) is 12. The molecule has 0 spiro atoms. The Bertz CT molecular complexity index is 2360. The number of aliphatic hydroxyl groups excluding tert-OH is 1. The number of β-amino-alcohol motifs (C(OH)–C–C–N with tert-alkyl or cyclic N) is 1. The SMILES string of the molecule is C[C@H](NC(=O)[C@@H]1C[C@@H](O)CN1C(=O)[C@@H](NC(=O)COCCCCOc1ccc(C(=O)NC2C(C)(C)C(Oc3ccc(C#N)c(Cl)c3)C2(C)C)cc1)C(C)(C)C)c1ccc(-c2ncon2)cc1. The van der Waals surface area contributed by atoms with E-state index < -0.39 is 58.2 Å². The minimum absolute atomic E-state index is 0.0420. The molecule has 2 fully saturated rings. The van der Waals surface area contributed by atoms with Crippen LogP contribution in [0.5, 0.6) is 11.5 Å². The molecular formula is C49H60ClN7O9. The summed E-state index contributed by atoms with van der Waals surface area (Å²) in [4.78, 5) is 59.4. The van der Waals surface area contributed by atoms with E-state index in [2.05, 4.69) is 32.2 Å². The van der Waals surface area contributed by atoms with Gasteiger partial charge in [0.25, 0.3) is 5.91 Å². The van der Waals surface area contributed by atoms with Crippen LogP contribution in [0.25, 0.3) is 11.4 Å². The predicted molar refractivity (Wildman–Crippen MR) is 245 cm³/mol. The molecule has 6 rings (SSSR count). The Labute approximate surface area is 390 Å². The van der Waals surface area contributed by atoms with E-state index in [9.17, 15) is 29.5 Å². The van der Waals surface area contributed by atoms with Gasteiger partial charge < -0.3 is 44.7 Å². The highest BCUT2D eigenvalue weighted by atomic mass is 35.5. The molecule has 16 nitrogen and oxygen atoms in total. The molecule has 0 radical (unpaired) electrons. The molecule has 4 amide bonds. The van der Waals surface area contributed by atoms with Crippen LogP contribution in [0.2, 0.25) is 5.02 Å². The van der Waals surface area contributed by atoms with Gasteiger partial charge >= 0.3 is 0 Å². The molecule has 2 aliphatic rings. The van der Waals surface area contributed by atoms with E-state index in [0.717, 1.165) is 11.1 Å². The zero-order chi connectivity index (χ0) is 48.0. The average molecular weight is 927 g/mol. The standard InChI is InChI=1S/C49H60ClN7O9/c1-29(30-11-13-31(14-12-30)41-52-28-65-56-41)53-43(61)38-23-34(58)26-57(38)44(62)40(47(2,3)4)54-39(59)27-63-21-9-10-22-64-35-18-15-32(16-19-35)42(60)55-45-48(5,6)46(49(45,7)8)66-36-20-17-33(25-51)37(50)24-36/h11-20,24,28-29,34,38,40,45-46,58H,9-10,21-23,26-27H2,1-8H3,(H,53,61)(H,54,59)(H,55,60)/t29-,34+,38-,40+,45?,46?/m0/s1. The fourth-order valence-corrected chi connectivity index (χ4v) is 9.32. The number of rotatable bonds is 18. The lowest BCUT2D eigenvalue weighted by Gasteiger charge is -2.63. The largest absolute Gasteiger partial charge is 0.494 e. The number of nitrogens with one attached hydrogen (secondary N) is 3. The van der Waals surface area contributed by atoms with E-state index in [-0.39, 0.29) is 44.2 Å². The third-order valence-corrected chi connectivity index (χ3v) is 12.7. The molecule has 2 heterocycles. The zero-order valence-electron chi connectivity index (χ0n) is 38.7. The van der Waals surface area contributed by atoms with Crippen molar-refractivity contribution in [1.82, 2.24) is 31.0 Å². The number of benzene rings is 3. The number of carbonyl (C=O) groups is 4. The smallest absolute Gasteiger partial charge is 0.251 e. The second-order valence-electron chi connectivity index (χ2n) is 19.3. The molecule has 1 aromatic heterocycles. The number of aliphatic hydroxyl groups is 1. The molecule has 352 valence electrons. The monoisotopic (exact) mass is 925 g/mol. The summed E-state index contributed by atoms with van der Waals surface area (Å²) in [6, 6.07) is 18.8. The van der Waals surface area contributed by atoms with Gasteiger partial charge in [-0.25, -0.2) is 0 Å². The summed E-state index contributed by atoms with van der Waals surface area (Å²) in [5.74, 6) is 0.0592. The van der Waals surface area contributed by atoms with Crippen molar-refractivity contribution >= 4 is 35.2 Å². The van der Waals surface area contributed by atoms with Crippen LogP contribution in [-0.2, 0) is 19.1 Å². The second-order valence-corrected chi connectivity index (χ2v) is 19.7. The first-order chi connectivity index (χ1) is 31.2. The van der Waals surface area contributed by atoms with Crippen LogP contribution in [0.3, 0.4) is 0 Å². The number of likely N-dealkylation sites (tertiary alicyclic amines) is 1. The Morgan fingerprint density at radius 2 is 1.64 bits per heavy atom. The number of ether oxygens (including phenoxy) is 3. The molecule has 3 aromatic carbocycles. The molecule has 66 heavy (non-hydrogen) atoms. The maximum absolute atomic E-state index is 14.0. The van der Waals surface area contributed by atoms with Crippen molar-refractivity contribution in [1.29, 1.82) is 5.26 Å². The van der Waals surface area contributed by atoms with E-state index in [1.165, 1.54) is 11.3 Å². The minimum Gasteiger partial charge on any atom is -0.494 e. The van der Waals surface area contributed by atoms with E-state index >= 15 is 0 Å². The number of hydrogen-bond donors (Lipinski definition) is 4. The van der Waals surface area contributed by atoms with Gasteiger partial charge in [0.1, 0.15) is 42.4 Å². The fraction of sp³-hybridized carbons (Fsp3) is 0.490. The van der Waals surface area contributed by atoms with Crippen LogP contribution in [0.1, 0.15) is 102 Å². The van der Waals surface area contributed by atoms with Crippen LogP contribution in [0.15, 0.2) is 77.6 Å². The molecule has 17 heteroatoms. The minimum atomic E-state index is -0.986. The van der Waals surface area contributed by atoms with Crippen molar-refractivity contribution in [3.05, 3.63) is 94.8 Å². The van der Waals surface area contributed by atoms with Crippen LogP contribution in [-0.4, -0.2) is 100 Å². The van der Waals surface area contributed by atoms with Gasteiger partial charge in [-0.15, -0.1) is 0 Å². The first kappa shape index (κ1) is 49.4. The van der Waals surface area contributed by atoms with Gasteiger partial charge in [0, 0.05) is 53.6 Å². The topological polar surface area (TPSA) is 218 Å². The zero-order valence-corrected chi connectivity index (χ0v) is 39.5. The molecule has 4 atom stereocenters. The number of aromatic nitrogens is 2. The highest BCUT2D eigenvalue weighted by molar-refractivity contribution is 6.31. The van der Waals surface area contributed by atoms with Crippen LogP contribution in [0, 0.1) is 27.6 Å². The van der Waals surface area contributed by atoms with Gasteiger partial charge in [-0.1, -0.05) is 89.5 Å². The summed E-state index contributed by atoms with van der Waals surface area (Å²) in [6.45, 7) is 15.9. The maximum Gasteiger partial charge on any atom is 0.251 e. The second kappa shape index (κ2) is 20.7. The highest BCUT2D eigenvalue weighted by Crippen LogP contribution is 2.55. The molecule has 1 aliphatic carbocycles. The number of halogens is 1. The van der Waals surface area contributed by atoms with Crippen molar-refractivity contribution in [3.63, 3.8) is 0 Å². The van der Waals surface area contributed by atoms with Gasteiger partial charge in [0.2, 0.25) is 29.9 Å². The molecule has 0 bridgehead atoms. The third-order valence-electron chi connectivity index (χ3n) is 12.4. The van der Waals surface area contributed by atoms with Crippen molar-refractivity contribution in [2.45, 2.75) is 111 Å². The first-order valence-electron chi connectivity index (χ1n) is 22.1. The van der Waals surface area contributed by atoms with E-state index in [4.69, 9.17) is 30.3 Å². The van der Waals surface area contributed by atoms with Crippen LogP contribution >= 0.6 is 11.6 Å². The van der Waals surface area contributed by atoms with Gasteiger partial charge in [-0.05, 0) is 67.1 Å². The third kappa shape index (κ3) is 11.5. The lowest BCUT2D eigenvalue weighted by Crippen LogP contribution is -2.74. The predicted octanol–water partition coefficient (Wildman–Crippen LogP) is 6.42. The van der Waals surface area contributed by atoms with E-state index in [1.54, 1.807) is 42.5 Å². The summed E-state index contributed by atoms with van der Waals surface area (Å²) >= 11 is 6.23. The van der Waals surface area contributed by atoms with Gasteiger partial charge in [-0.2, -0.15) is 10.2 Å². The van der Waals surface area contributed by atoms with Crippen LogP contribution in [0.4, 0.5) is 0 Å². The Balaban J connectivity index is 0.903. The summed E-state index contributed by atoms with van der Waals surface area (Å²) in [7, 11) is 0. The Morgan fingerprint density at radius 3 is 2.26 bits per heavy atom. The number of amides is 4. The Hall–Kier alpha value is -6.02. The van der Waals surface area contributed by atoms with Crippen molar-refractivity contribution in [2.75, 3.05) is 26.4 Å². The summed E-state index contributed by atoms with van der Waals surface area (Å²) < 4.78 is 22.7. The fourth-order valence-electron chi connectivity index (χ4n) is 9.11. The molecule has 1 saturated carbocycles. The molecular weight excluding hydrogens is 866 g/mol. The molecule has 4 aromatic rings. The highest BCUT2D eigenvalue weighted by Gasteiger charge is 2.64. The van der Waals surface area contributed by atoms with Crippen LogP contribution < -0.4 is 25.4 Å². The summed E-state index contributed by atoms with van der Waals surface area (Å²) in [5, 5.41) is 32.9. The number of carbonyl (C=O) groups excluding carboxylic acids is 4. The first-order valence-corrected chi connectivity index (χ1v) is 22.5.